The highest BCUT2D eigenvalue weighted by atomic mass is 16.5. The smallest absolute Gasteiger partial charge is 0.134 e. The minimum atomic E-state index is 0.181. The van der Waals surface area contributed by atoms with Gasteiger partial charge < -0.3 is 14.5 Å². The fourth-order valence-corrected chi connectivity index (χ4v) is 2.16. The van der Waals surface area contributed by atoms with Crippen LogP contribution in [0.5, 0.6) is 5.75 Å². The molecule has 2 aromatic rings. The molecule has 0 spiro atoms. The lowest BCUT2D eigenvalue weighted by Gasteiger charge is -2.10. The minimum Gasteiger partial charge on any atom is -0.491 e. The molecule has 20 heavy (non-hydrogen) atoms. The number of hydrogen-bond acceptors (Lipinski definition) is 3. The van der Waals surface area contributed by atoms with E-state index in [9.17, 15) is 0 Å². The molecule has 1 aromatic heterocycles. The van der Waals surface area contributed by atoms with Gasteiger partial charge in [0.05, 0.1) is 12.6 Å². The minimum absolute atomic E-state index is 0.181. The molecule has 1 heterocycles. The number of hydrogen-bond donors (Lipinski definition) is 1. The summed E-state index contributed by atoms with van der Waals surface area (Å²) in [5.74, 6) is 2.76. The van der Waals surface area contributed by atoms with Gasteiger partial charge in [0, 0.05) is 11.6 Å². The molecule has 106 valence electrons. The van der Waals surface area contributed by atoms with Crippen LogP contribution in [0.1, 0.15) is 32.4 Å². The zero-order valence-electron chi connectivity index (χ0n) is 12.1. The van der Waals surface area contributed by atoms with Crippen molar-refractivity contribution in [1.82, 2.24) is 5.32 Å². The number of rotatable bonds is 6. The Hall–Kier alpha value is -1.74. The summed E-state index contributed by atoms with van der Waals surface area (Å²) in [6, 6.07) is 12.8. The van der Waals surface area contributed by atoms with Gasteiger partial charge in [-0.15, -0.1) is 0 Å². The van der Waals surface area contributed by atoms with Gasteiger partial charge in [-0.05, 0) is 51.0 Å². The van der Waals surface area contributed by atoms with Gasteiger partial charge in [0.25, 0.3) is 0 Å². The molecular weight excluding hydrogens is 250 g/mol. The molecule has 0 unspecified atom stereocenters. The van der Waals surface area contributed by atoms with Crippen molar-refractivity contribution in [1.29, 1.82) is 0 Å². The molecule has 0 bridgehead atoms. The number of furan rings is 1. The SMILES string of the molecule is CC(C)Oc1cccc(-c2ccc(CNC3CC3)o2)c1. The Morgan fingerprint density at radius 1 is 1.25 bits per heavy atom. The molecule has 3 heteroatoms. The Kier molecular flexibility index (Phi) is 3.79. The second-order valence-electron chi connectivity index (χ2n) is 5.62. The molecule has 1 aliphatic carbocycles. The predicted octanol–water partition coefficient (Wildman–Crippen LogP) is 3.99. The van der Waals surface area contributed by atoms with Gasteiger partial charge in [-0.1, -0.05) is 12.1 Å². The molecule has 3 rings (SSSR count). The molecule has 1 saturated carbocycles. The fraction of sp³-hybridized carbons (Fsp3) is 0.412. The lowest BCUT2D eigenvalue weighted by atomic mass is 10.1. The predicted molar refractivity (Wildman–Crippen MR) is 79.8 cm³/mol. The van der Waals surface area contributed by atoms with E-state index in [2.05, 4.69) is 5.32 Å². The maximum atomic E-state index is 5.89. The second-order valence-corrected chi connectivity index (χ2v) is 5.62. The Balaban J connectivity index is 1.71. The van der Waals surface area contributed by atoms with Crippen LogP contribution >= 0.6 is 0 Å². The second kappa shape index (κ2) is 5.71. The largest absolute Gasteiger partial charge is 0.491 e. The standard InChI is InChI=1S/C17H21NO2/c1-12(2)19-15-5-3-4-13(10-15)17-9-8-16(20-17)11-18-14-6-7-14/h3-5,8-10,12,14,18H,6-7,11H2,1-2H3. The maximum Gasteiger partial charge on any atom is 0.134 e. The maximum absolute atomic E-state index is 5.89. The van der Waals surface area contributed by atoms with E-state index in [4.69, 9.17) is 9.15 Å². The summed E-state index contributed by atoms with van der Waals surface area (Å²) < 4.78 is 11.6. The third-order valence-corrected chi connectivity index (χ3v) is 3.29. The first kappa shape index (κ1) is 13.3. The summed E-state index contributed by atoms with van der Waals surface area (Å²) in [6.07, 6.45) is 2.77. The Bertz CT molecular complexity index is 570. The average molecular weight is 271 g/mol. The molecule has 0 aliphatic heterocycles. The summed E-state index contributed by atoms with van der Waals surface area (Å²) in [6.45, 7) is 4.87. The van der Waals surface area contributed by atoms with Crippen LogP contribution in [0.15, 0.2) is 40.8 Å². The molecule has 0 radical (unpaired) electrons. The summed E-state index contributed by atoms with van der Waals surface area (Å²) >= 11 is 0. The molecule has 1 N–H and O–H groups in total. The first-order valence-corrected chi connectivity index (χ1v) is 7.30. The van der Waals surface area contributed by atoms with Crippen LogP contribution in [0.25, 0.3) is 11.3 Å². The average Bonchev–Trinajstić information content (AvgIpc) is 3.13. The van der Waals surface area contributed by atoms with Crippen LogP contribution < -0.4 is 10.1 Å². The van der Waals surface area contributed by atoms with E-state index in [1.807, 2.05) is 50.2 Å². The van der Waals surface area contributed by atoms with E-state index in [1.54, 1.807) is 0 Å². The quantitative estimate of drug-likeness (QED) is 0.862. The van der Waals surface area contributed by atoms with Crippen molar-refractivity contribution in [3.05, 3.63) is 42.2 Å². The lowest BCUT2D eigenvalue weighted by molar-refractivity contribution is 0.242. The Labute approximate surface area is 119 Å². The number of ether oxygens (including phenoxy) is 1. The summed E-state index contributed by atoms with van der Waals surface area (Å²) in [7, 11) is 0. The van der Waals surface area contributed by atoms with Crippen LogP contribution in [0.4, 0.5) is 0 Å². The third-order valence-electron chi connectivity index (χ3n) is 3.29. The van der Waals surface area contributed by atoms with Crippen LogP contribution in [-0.4, -0.2) is 12.1 Å². The van der Waals surface area contributed by atoms with Gasteiger partial charge >= 0.3 is 0 Å². The highest BCUT2D eigenvalue weighted by Crippen LogP contribution is 2.27. The molecule has 3 nitrogen and oxygen atoms in total. The fourth-order valence-electron chi connectivity index (χ4n) is 2.16. The van der Waals surface area contributed by atoms with Gasteiger partial charge in [0.1, 0.15) is 17.3 Å². The van der Waals surface area contributed by atoms with E-state index in [-0.39, 0.29) is 6.10 Å². The van der Waals surface area contributed by atoms with E-state index in [0.717, 1.165) is 29.4 Å². The Morgan fingerprint density at radius 3 is 2.85 bits per heavy atom. The molecule has 0 amide bonds. The first-order chi connectivity index (χ1) is 9.70. The monoisotopic (exact) mass is 271 g/mol. The molecule has 0 atom stereocenters. The highest BCUT2D eigenvalue weighted by molar-refractivity contribution is 5.59. The van der Waals surface area contributed by atoms with E-state index >= 15 is 0 Å². The lowest BCUT2D eigenvalue weighted by Crippen LogP contribution is -2.14. The number of nitrogens with one attached hydrogen (secondary N) is 1. The van der Waals surface area contributed by atoms with E-state index < -0.39 is 0 Å². The van der Waals surface area contributed by atoms with Crippen LogP contribution in [-0.2, 0) is 6.54 Å². The van der Waals surface area contributed by atoms with Crippen LogP contribution in [0.2, 0.25) is 0 Å². The molecule has 1 aromatic carbocycles. The van der Waals surface area contributed by atoms with Crippen molar-refractivity contribution in [3.8, 4) is 17.1 Å². The van der Waals surface area contributed by atoms with Crippen molar-refractivity contribution in [2.75, 3.05) is 0 Å². The third kappa shape index (κ3) is 3.42. The van der Waals surface area contributed by atoms with Crippen molar-refractivity contribution in [2.45, 2.75) is 45.4 Å². The van der Waals surface area contributed by atoms with Gasteiger partial charge in [0.15, 0.2) is 0 Å². The van der Waals surface area contributed by atoms with Gasteiger partial charge in [-0.3, -0.25) is 0 Å². The zero-order valence-corrected chi connectivity index (χ0v) is 12.1. The van der Waals surface area contributed by atoms with E-state index in [0.29, 0.717) is 6.04 Å². The van der Waals surface area contributed by atoms with E-state index in [1.165, 1.54) is 12.8 Å². The van der Waals surface area contributed by atoms with Crippen molar-refractivity contribution in [2.24, 2.45) is 0 Å². The summed E-state index contributed by atoms with van der Waals surface area (Å²) in [5.41, 5.74) is 1.06. The van der Waals surface area contributed by atoms with Gasteiger partial charge in [-0.2, -0.15) is 0 Å². The first-order valence-electron chi connectivity index (χ1n) is 7.30. The molecule has 1 fully saturated rings. The molecule has 1 aliphatic rings. The summed E-state index contributed by atoms with van der Waals surface area (Å²) in [4.78, 5) is 0. The van der Waals surface area contributed by atoms with Crippen LogP contribution in [0.3, 0.4) is 0 Å². The zero-order chi connectivity index (χ0) is 13.9. The molecular formula is C17H21NO2. The normalized spacial score (nSPS) is 14.8. The highest BCUT2D eigenvalue weighted by Gasteiger charge is 2.20. The summed E-state index contributed by atoms with van der Waals surface area (Å²) in [5, 5.41) is 3.46. The topological polar surface area (TPSA) is 34.4 Å². The van der Waals surface area contributed by atoms with Crippen molar-refractivity contribution < 1.29 is 9.15 Å². The van der Waals surface area contributed by atoms with Gasteiger partial charge in [0.2, 0.25) is 0 Å². The van der Waals surface area contributed by atoms with Crippen molar-refractivity contribution in [3.63, 3.8) is 0 Å². The molecule has 0 saturated heterocycles. The van der Waals surface area contributed by atoms with Crippen molar-refractivity contribution >= 4 is 0 Å². The van der Waals surface area contributed by atoms with Gasteiger partial charge in [-0.25, -0.2) is 0 Å². The van der Waals surface area contributed by atoms with Crippen LogP contribution in [0, 0.1) is 0 Å². The number of benzene rings is 1. The Morgan fingerprint density at radius 2 is 2.10 bits per heavy atom.